The molecule has 2 aromatic rings. The summed E-state index contributed by atoms with van der Waals surface area (Å²) in [5.41, 5.74) is -0.144. The topological polar surface area (TPSA) is 17.8 Å². The molecule has 0 unspecified atom stereocenters. The maximum absolute atomic E-state index is 12.7. The van der Waals surface area contributed by atoms with Crippen LogP contribution in [0.15, 0.2) is 0 Å². The van der Waals surface area contributed by atoms with Gasteiger partial charge in [-0.25, -0.2) is 4.98 Å². The molecule has 0 aliphatic rings. The number of aromatic nitrogens is 2. The van der Waals surface area contributed by atoms with E-state index in [4.69, 9.17) is 46.4 Å². The summed E-state index contributed by atoms with van der Waals surface area (Å²) in [4.78, 5) is 3.42. The van der Waals surface area contributed by atoms with Crippen molar-refractivity contribution in [3.8, 4) is 0 Å². The smallest absolute Gasteiger partial charge is 0.322 e. The van der Waals surface area contributed by atoms with Gasteiger partial charge in [0.2, 0.25) is 5.82 Å². The lowest BCUT2D eigenvalue weighted by molar-refractivity contribution is -0.146. The van der Waals surface area contributed by atoms with Crippen molar-refractivity contribution in [3.63, 3.8) is 0 Å². The zero-order valence-corrected chi connectivity index (χ0v) is 11.6. The Hall–Kier alpha value is -0.360. The van der Waals surface area contributed by atoms with Crippen molar-refractivity contribution in [1.82, 2.24) is 9.55 Å². The van der Waals surface area contributed by atoms with E-state index in [-0.39, 0.29) is 31.1 Å². The average Bonchev–Trinajstić information content (AvgIpc) is 2.61. The number of hydrogen-bond donors (Lipinski definition) is 0. The number of nitrogens with zero attached hydrogens (tertiary/aromatic N) is 2. The van der Waals surface area contributed by atoms with E-state index in [0.717, 1.165) is 4.57 Å². The lowest BCUT2D eigenvalue weighted by atomic mass is 10.3. The second-order valence-electron chi connectivity index (χ2n) is 3.45. The molecule has 1 heterocycles. The first-order valence-corrected chi connectivity index (χ1v) is 5.93. The summed E-state index contributed by atoms with van der Waals surface area (Å²) in [6, 6.07) is 0. The van der Waals surface area contributed by atoms with Gasteiger partial charge < -0.3 is 4.57 Å². The lowest BCUT2D eigenvalue weighted by Crippen LogP contribution is -2.12. The molecule has 1 aromatic carbocycles. The number of hydrogen-bond acceptors (Lipinski definition) is 1. The van der Waals surface area contributed by atoms with Crippen molar-refractivity contribution in [2.24, 2.45) is 7.05 Å². The number of imidazole rings is 1. The maximum Gasteiger partial charge on any atom is 0.449 e. The average molecular weight is 338 g/mol. The molecule has 0 radical (unpaired) electrons. The minimum atomic E-state index is -4.63. The molecule has 2 rings (SSSR count). The second-order valence-corrected chi connectivity index (χ2v) is 4.96. The third-order valence-corrected chi connectivity index (χ3v) is 4.12. The highest BCUT2D eigenvalue weighted by Crippen LogP contribution is 2.44. The number of halogens is 7. The van der Waals surface area contributed by atoms with Gasteiger partial charge in [0.1, 0.15) is 5.52 Å². The van der Waals surface area contributed by atoms with Crippen LogP contribution in [0.2, 0.25) is 20.1 Å². The normalized spacial score (nSPS) is 12.4. The summed E-state index contributed by atoms with van der Waals surface area (Å²) in [5.74, 6) is -1.13. The van der Waals surface area contributed by atoms with Gasteiger partial charge in [-0.2, -0.15) is 13.2 Å². The van der Waals surface area contributed by atoms with Gasteiger partial charge in [-0.05, 0) is 0 Å². The van der Waals surface area contributed by atoms with Crippen molar-refractivity contribution in [2.75, 3.05) is 0 Å². The zero-order chi connectivity index (χ0) is 13.8. The Kier molecular flexibility index (Phi) is 3.39. The highest BCUT2D eigenvalue weighted by molar-refractivity contribution is 6.55. The maximum atomic E-state index is 12.7. The first-order valence-electron chi connectivity index (χ1n) is 4.41. The highest BCUT2D eigenvalue weighted by atomic mass is 35.5. The first-order chi connectivity index (χ1) is 8.16. The molecule has 0 aliphatic heterocycles. The van der Waals surface area contributed by atoms with Gasteiger partial charge in [0.15, 0.2) is 0 Å². The van der Waals surface area contributed by atoms with Crippen molar-refractivity contribution < 1.29 is 13.2 Å². The molecule has 0 amide bonds. The van der Waals surface area contributed by atoms with Gasteiger partial charge in [0, 0.05) is 7.05 Å². The predicted octanol–water partition coefficient (Wildman–Crippen LogP) is 5.21. The van der Waals surface area contributed by atoms with Crippen molar-refractivity contribution >= 4 is 57.4 Å². The summed E-state index contributed by atoms with van der Waals surface area (Å²) in [6.07, 6.45) is -4.63. The number of fused-ring (bicyclic) bond motifs is 1. The van der Waals surface area contributed by atoms with Crippen LogP contribution in [0.1, 0.15) is 5.82 Å². The van der Waals surface area contributed by atoms with Crippen molar-refractivity contribution in [1.29, 1.82) is 0 Å². The van der Waals surface area contributed by atoms with E-state index in [0.29, 0.717) is 0 Å². The second kappa shape index (κ2) is 4.34. The predicted molar refractivity (Wildman–Crippen MR) is 65.8 cm³/mol. The minimum Gasteiger partial charge on any atom is -0.322 e. The Labute approximate surface area is 119 Å². The van der Waals surface area contributed by atoms with E-state index < -0.39 is 12.0 Å². The molecule has 2 nitrogen and oxygen atoms in total. The molecule has 9 heteroatoms. The number of alkyl halides is 3. The number of rotatable bonds is 0. The quantitative estimate of drug-likeness (QED) is 0.477. The van der Waals surface area contributed by atoms with Gasteiger partial charge in [-0.15, -0.1) is 0 Å². The Morgan fingerprint density at radius 3 is 1.94 bits per heavy atom. The number of benzene rings is 1. The Balaban J connectivity index is 2.98. The van der Waals surface area contributed by atoms with Crippen molar-refractivity contribution in [2.45, 2.75) is 6.18 Å². The summed E-state index contributed by atoms with van der Waals surface area (Å²) in [5, 5.41) is -0.506. The zero-order valence-electron chi connectivity index (χ0n) is 8.54. The fourth-order valence-corrected chi connectivity index (χ4v) is 2.56. The van der Waals surface area contributed by atoms with Crippen LogP contribution in [-0.4, -0.2) is 9.55 Å². The Morgan fingerprint density at radius 1 is 0.944 bits per heavy atom. The molecule has 0 aliphatic carbocycles. The summed E-state index contributed by atoms with van der Waals surface area (Å²) in [6.45, 7) is 0. The molecule has 98 valence electrons. The molecule has 18 heavy (non-hydrogen) atoms. The van der Waals surface area contributed by atoms with Crippen LogP contribution >= 0.6 is 46.4 Å². The van der Waals surface area contributed by atoms with Crippen LogP contribution in [0.25, 0.3) is 11.0 Å². The van der Waals surface area contributed by atoms with E-state index in [1.165, 1.54) is 7.05 Å². The van der Waals surface area contributed by atoms with Crippen LogP contribution in [0.5, 0.6) is 0 Å². The third kappa shape index (κ3) is 1.93. The Bertz CT molecular complexity index is 648. The van der Waals surface area contributed by atoms with E-state index in [2.05, 4.69) is 4.98 Å². The molecule has 0 saturated carbocycles. The summed E-state index contributed by atoms with van der Waals surface area (Å²) < 4.78 is 38.9. The molecule has 0 N–H and O–H groups in total. The van der Waals surface area contributed by atoms with Gasteiger partial charge in [0.25, 0.3) is 0 Å². The fourth-order valence-electron chi connectivity index (χ4n) is 1.56. The van der Waals surface area contributed by atoms with Crippen LogP contribution in [-0.2, 0) is 13.2 Å². The first kappa shape index (κ1) is 14.1. The minimum absolute atomic E-state index is 0.0107. The standard InChI is InChI=1S/C9H3Cl4F3N2/c1-18-7-5(13)3(11)2(10)4(12)6(7)17-8(18)9(14,15)16/h1H3. The van der Waals surface area contributed by atoms with Gasteiger partial charge in [-0.3, -0.25) is 0 Å². The highest BCUT2D eigenvalue weighted by Gasteiger charge is 2.38. The van der Waals surface area contributed by atoms with Crippen LogP contribution in [0.4, 0.5) is 13.2 Å². The van der Waals surface area contributed by atoms with E-state index in [1.807, 2.05) is 0 Å². The van der Waals surface area contributed by atoms with E-state index in [1.54, 1.807) is 0 Å². The summed E-state index contributed by atoms with van der Waals surface area (Å²) in [7, 11) is 1.17. The van der Waals surface area contributed by atoms with Crippen LogP contribution < -0.4 is 0 Å². The van der Waals surface area contributed by atoms with Gasteiger partial charge >= 0.3 is 6.18 Å². The lowest BCUT2D eigenvalue weighted by Gasteiger charge is -2.07. The Morgan fingerprint density at radius 2 is 1.44 bits per heavy atom. The number of aryl methyl sites for hydroxylation is 1. The van der Waals surface area contributed by atoms with Crippen LogP contribution in [0.3, 0.4) is 0 Å². The third-order valence-electron chi connectivity index (χ3n) is 2.34. The van der Waals surface area contributed by atoms with Gasteiger partial charge in [-0.1, -0.05) is 46.4 Å². The molecular weight excluding hydrogens is 335 g/mol. The SMILES string of the molecule is Cn1c(C(F)(F)F)nc2c(Cl)c(Cl)c(Cl)c(Cl)c21. The monoisotopic (exact) mass is 336 g/mol. The van der Waals surface area contributed by atoms with Crippen LogP contribution in [0, 0.1) is 0 Å². The largest absolute Gasteiger partial charge is 0.449 e. The molecule has 1 aromatic heterocycles. The summed E-state index contributed by atoms with van der Waals surface area (Å²) >= 11 is 23.2. The molecule has 0 saturated heterocycles. The van der Waals surface area contributed by atoms with E-state index >= 15 is 0 Å². The van der Waals surface area contributed by atoms with E-state index in [9.17, 15) is 13.2 Å². The van der Waals surface area contributed by atoms with Gasteiger partial charge in [0.05, 0.1) is 25.6 Å². The van der Waals surface area contributed by atoms with Crippen molar-refractivity contribution in [3.05, 3.63) is 25.9 Å². The molecule has 0 atom stereocenters. The molecule has 0 spiro atoms. The fraction of sp³-hybridized carbons (Fsp3) is 0.222. The molecule has 0 fully saturated rings. The molecular formula is C9H3Cl4F3N2. The molecule has 0 bridgehead atoms.